The van der Waals surface area contributed by atoms with Crippen LogP contribution < -0.4 is 10.6 Å². The van der Waals surface area contributed by atoms with E-state index < -0.39 is 5.60 Å². The number of amides is 1. The highest BCUT2D eigenvalue weighted by Gasteiger charge is 2.27. The Labute approximate surface area is 216 Å². The highest BCUT2D eigenvalue weighted by Crippen LogP contribution is 2.29. The number of nitrogens with one attached hydrogen (secondary N) is 2. The summed E-state index contributed by atoms with van der Waals surface area (Å²) in [5, 5.41) is 7.19. The van der Waals surface area contributed by atoms with Gasteiger partial charge < -0.3 is 20.3 Å². The molecule has 2 N–H and O–H groups in total. The fraction of sp³-hybridized carbons (Fsp3) is 0.370. The normalized spacial score (nSPS) is 14.4. The van der Waals surface area contributed by atoms with Gasteiger partial charge in [-0.1, -0.05) is 29.8 Å². The number of nitrogens with zero attached hydrogens (tertiary/aromatic N) is 3. The van der Waals surface area contributed by atoms with E-state index >= 15 is 0 Å². The molecule has 0 bridgehead atoms. The standard InChI is InChI=1S/C27H31ClFN5O2/c1-27(2,3)36-26(35)34-12-10-20(11-13-34)32-25-15-21(22(28)17-31-25)23-8-5-9-24(33-23)30-16-18-6-4-7-19(29)14-18/h4-9,14-15,17,20H,10-13,16H2,1-3H3,(H,30,33)(H,31,32). The van der Waals surface area contributed by atoms with E-state index in [0.29, 0.717) is 42.0 Å². The van der Waals surface area contributed by atoms with Gasteiger partial charge in [0, 0.05) is 37.4 Å². The number of hydrogen-bond donors (Lipinski definition) is 2. The van der Waals surface area contributed by atoms with Crippen molar-refractivity contribution in [3.8, 4) is 11.3 Å². The Morgan fingerprint density at radius 1 is 1.14 bits per heavy atom. The Morgan fingerprint density at radius 2 is 1.89 bits per heavy atom. The average molecular weight is 512 g/mol. The number of hydrogen-bond acceptors (Lipinski definition) is 6. The van der Waals surface area contributed by atoms with Crippen molar-refractivity contribution in [1.29, 1.82) is 0 Å². The molecule has 0 atom stereocenters. The van der Waals surface area contributed by atoms with Crippen LogP contribution in [0, 0.1) is 5.82 Å². The molecule has 3 heterocycles. The zero-order valence-electron chi connectivity index (χ0n) is 20.7. The number of rotatable bonds is 6. The summed E-state index contributed by atoms with van der Waals surface area (Å²) in [7, 11) is 0. The van der Waals surface area contributed by atoms with Crippen LogP contribution in [0.15, 0.2) is 54.7 Å². The first-order chi connectivity index (χ1) is 17.2. The van der Waals surface area contributed by atoms with Crippen molar-refractivity contribution in [2.45, 2.75) is 51.8 Å². The number of carbonyl (C=O) groups excluding carboxylic acids is 1. The molecule has 9 heteroatoms. The molecule has 1 amide bonds. The number of benzene rings is 1. The molecule has 0 aliphatic carbocycles. The number of pyridine rings is 2. The van der Waals surface area contributed by atoms with E-state index in [1.165, 1.54) is 12.1 Å². The zero-order valence-corrected chi connectivity index (χ0v) is 21.5. The summed E-state index contributed by atoms with van der Waals surface area (Å²) in [6, 6.07) is 14.2. The van der Waals surface area contributed by atoms with E-state index in [0.717, 1.165) is 24.0 Å². The van der Waals surface area contributed by atoms with Gasteiger partial charge in [-0.25, -0.2) is 19.2 Å². The lowest BCUT2D eigenvalue weighted by molar-refractivity contribution is 0.0210. The van der Waals surface area contributed by atoms with Gasteiger partial charge in [0.2, 0.25) is 0 Å². The number of carbonyl (C=O) groups is 1. The first-order valence-electron chi connectivity index (χ1n) is 12.0. The fourth-order valence-corrected chi connectivity index (χ4v) is 4.18. The minimum absolute atomic E-state index is 0.178. The number of piperidine rings is 1. The lowest BCUT2D eigenvalue weighted by atomic mass is 10.1. The van der Waals surface area contributed by atoms with Crippen molar-refractivity contribution < 1.29 is 13.9 Å². The Balaban J connectivity index is 1.39. The number of anilines is 2. The summed E-state index contributed by atoms with van der Waals surface area (Å²) in [5.41, 5.74) is 1.79. The Bertz CT molecular complexity index is 1210. The van der Waals surface area contributed by atoms with E-state index in [9.17, 15) is 9.18 Å². The van der Waals surface area contributed by atoms with Crippen LogP contribution in [-0.2, 0) is 11.3 Å². The monoisotopic (exact) mass is 511 g/mol. The van der Waals surface area contributed by atoms with E-state index in [-0.39, 0.29) is 18.0 Å². The second-order valence-corrected chi connectivity index (χ2v) is 10.2. The molecule has 0 unspecified atom stereocenters. The van der Waals surface area contributed by atoms with Gasteiger partial charge in [-0.2, -0.15) is 0 Å². The quantitative estimate of drug-likeness (QED) is 0.401. The fourth-order valence-electron chi connectivity index (χ4n) is 3.98. The van der Waals surface area contributed by atoms with Crippen LogP contribution in [0.5, 0.6) is 0 Å². The van der Waals surface area contributed by atoms with Crippen LogP contribution in [0.2, 0.25) is 5.02 Å². The van der Waals surface area contributed by atoms with Crippen LogP contribution in [0.4, 0.5) is 20.8 Å². The molecule has 1 aliphatic heterocycles. The van der Waals surface area contributed by atoms with Crippen LogP contribution in [0.25, 0.3) is 11.3 Å². The van der Waals surface area contributed by atoms with E-state index in [1.54, 1.807) is 17.2 Å². The minimum atomic E-state index is -0.504. The maximum atomic E-state index is 13.4. The van der Waals surface area contributed by atoms with Crippen molar-refractivity contribution in [3.05, 3.63) is 71.1 Å². The van der Waals surface area contributed by atoms with Crippen LogP contribution in [-0.4, -0.2) is 45.7 Å². The Kier molecular flexibility index (Phi) is 7.94. The lowest BCUT2D eigenvalue weighted by Gasteiger charge is -2.34. The Morgan fingerprint density at radius 3 is 2.61 bits per heavy atom. The summed E-state index contributed by atoms with van der Waals surface area (Å²) in [6.45, 7) is 7.30. The van der Waals surface area contributed by atoms with Crippen LogP contribution >= 0.6 is 11.6 Å². The summed E-state index contributed by atoms with van der Waals surface area (Å²) in [6.07, 6.45) is 2.92. The van der Waals surface area contributed by atoms with Gasteiger partial charge >= 0.3 is 6.09 Å². The topological polar surface area (TPSA) is 79.4 Å². The Hall–Kier alpha value is -3.39. The van der Waals surface area contributed by atoms with Crippen molar-refractivity contribution in [2.75, 3.05) is 23.7 Å². The third-order valence-electron chi connectivity index (χ3n) is 5.74. The molecule has 1 saturated heterocycles. The summed E-state index contributed by atoms with van der Waals surface area (Å²) < 4.78 is 18.9. The molecule has 1 aliphatic rings. The molecular weight excluding hydrogens is 481 g/mol. The van der Waals surface area contributed by atoms with E-state index in [1.807, 2.05) is 51.1 Å². The number of ether oxygens (including phenoxy) is 1. The molecule has 1 aromatic carbocycles. The SMILES string of the molecule is CC(C)(C)OC(=O)N1CCC(Nc2cc(-c3cccc(NCc4cccc(F)c4)n3)c(Cl)cn2)CC1. The van der Waals surface area contributed by atoms with Gasteiger partial charge in [-0.05, 0) is 69.5 Å². The molecule has 190 valence electrons. The van der Waals surface area contributed by atoms with Crippen molar-refractivity contribution in [1.82, 2.24) is 14.9 Å². The predicted molar refractivity (Wildman–Crippen MR) is 141 cm³/mol. The summed E-state index contributed by atoms with van der Waals surface area (Å²) in [5.74, 6) is 1.09. The van der Waals surface area contributed by atoms with Gasteiger partial charge in [0.1, 0.15) is 23.1 Å². The van der Waals surface area contributed by atoms with E-state index in [4.69, 9.17) is 16.3 Å². The average Bonchev–Trinajstić information content (AvgIpc) is 2.83. The number of aromatic nitrogens is 2. The minimum Gasteiger partial charge on any atom is -0.444 e. The summed E-state index contributed by atoms with van der Waals surface area (Å²) >= 11 is 6.47. The first kappa shape index (κ1) is 25.7. The largest absolute Gasteiger partial charge is 0.444 e. The molecule has 0 saturated carbocycles. The van der Waals surface area contributed by atoms with Crippen molar-refractivity contribution in [3.63, 3.8) is 0 Å². The van der Waals surface area contributed by atoms with Crippen LogP contribution in [0.1, 0.15) is 39.2 Å². The van der Waals surface area contributed by atoms with Gasteiger partial charge in [0.25, 0.3) is 0 Å². The molecule has 36 heavy (non-hydrogen) atoms. The van der Waals surface area contributed by atoms with Gasteiger partial charge in [0.15, 0.2) is 0 Å². The second-order valence-electron chi connectivity index (χ2n) is 9.83. The molecule has 3 aromatic rings. The molecule has 0 radical (unpaired) electrons. The van der Waals surface area contributed by atoms with Gasteiger partial charge in [0.05, 0.1) is 10.7 Å². The molecule has 2 aromatic heterocycles. The van der Waals surface area contributed by atoms with Gasteiger partial charge in [-0.15, -0.1) is 0 Å². The summed E-state index contributed by atoms with van der Waals surface area (Å²) in [4.78, 5) is 23.2. The van der Waals surface area contributed by atoms with E-state index in [2.05, 4.69) is 20.6 Å². The molecule has 0 spiro atoms. The molecule has 7 nitrogen and oxygen atoms in total. The maximum absolute atomic E-state index is 13.4. The highest BCUT2D eigenvalue weighted by molar-refractivity contribution is 6.33. The first-order valence-corrected chi connectivity index (χ1v) is 12.4. The third-order valence-corrected chi connectivity index (χ3v) is 6.04. The van der Waals surface area contributed by atoms with Gasteiger partial charge in [-0.3, -0.25) is 0 Å². The number of halogens is 2. The van der Waals surface area contributed by atoms with Crippen molar-refractivity contribution in [2.24, 2.45) is 0 Å². The smallest absolute Gasteiger partial charge is 0.410 e. The third kappa shape index (κ3) is 7.07. The zero-order chi connectivity index (χ0) is 25.7. The molecule has 4 rings (SSSR count). The number of likely N-dealkylation sites (tertiary alicyclic amines) is 1. The van der Waals surface area contributed by atoms with Crippen molar-refractivity contribution >= 4 is 29.3 Å². The highest BCUT2D eigenvalue weighted by atomic mass is 35.5. The second kappa shape index (κ2) is 11.1. The molecule has 1 fully saturated rings. The maximum Gasteiger partial charge on any atom is 0.410 e. The lowest BCUT2D eigenvalue weighted by Crippen LogP contribution is -2.44. The van der Waals surface area contributed by atoms with Crippen LogP contribution in [0.3, 0.4) is 0 Å². The molecular formula is C27H31ClFN5O2. The predicted octanol–water partition coefficient (Wildman–Crippen LogP) is 6.36.